The molecule has 4 N–H and O–H groups in total. The van der Waals surface area contributed by atoms with Crippen LogP contribution in [0, 0.1) is 13.8 Å². The van der Waals surface area contributed by atoms with Gasteiger partial charge in [0.1, 0.15) is 0 Å². The molecule has 8 nitrogen and oxygen atoms in total. The third kappa shape index (κ3) is 4.48. The second-order valence-electron chi connectivity index (χ2n) is 5.94. The molecule has 142 valence electrons. The molecule has 0 aliphatic carbocycles. The molecule has 2 aromatic rings. The van der Waals surface area contributed by atoms with E-state index in [1.54, 1.807) is 19.1 Å². The number of hydrogen-bond acceptors (Lipinski definition) is 5. The molecule has 2 rings (SSSR count). The van der Waals surface area contributed by atoms with Gasteiger partial charge in [-0.3, -0.25) is 9.48 Å². The average Bonchev–Trinajstić information content (AvgIpc) is 2.87. The molecule has 0 aliphatic heterocycles. The van der Waals surface area contributed by atoms with Gasteiger partial charge < -0.3 is 11.1 Å². The fraction of sp³-hybridized carbons (Fsp3) is 0.412. The number of carbonyl (C=O) groups is 1. The molecule has 0 radical (unpaired) electrons. The molecule has 0 unspecified atom stereocenters. The minimum atomic E-state index is -3.66. The van der Waals surface area contributed by atoms with E-state index in [0.717, 1.165) is 18.7 Å². The molecular weight excluding hydrogens is 354 g/mol. The van der Waals surface area contributed by atoms with Crippen molar-refractivity contribution in [2.45, 2.75) is 38.6 Å². The van der Waals surface area contributed by atoms with Crippen molar-refractivity contribution in [2.24, 2.45) is 5.73 Å². The summed E-state index contributed by atoms with van der Waals surface area (Å²) in [5.41, 5.74) is 7.67. The lowest BCUT2D eigenvalue weighted by Gasteiger charge is -2.09. The minimum absolute atomic E-state index is 0.0684. The number of amides is 1. The zero-order valence-electron chi connectivity index (χ0n) is 15.2. The van der Waals surface area contributed by atoms with E-state index in [-0.39, 0.29) is 23.9 Å². The summed E-state index contributed by atoms with van der Waals surface area (Å²) in [4.78, 5) is 12.7. The van der Waals surface area contributed by atoms with E-state index < -0.39 is 10.0 Å². The molecule has 0 aliphatic rings. The normalized spacial score (nSPS) is 11.5. The van der Waals surface area contributed by atoms with Gasteiger partial charge in [-0.05, 0) is 38.5 Å². The molecule has 0 saturated carbocycles. The third-order valence-corrected chi connectivity index (χ3v) is 5.34. The quantitative estimate of drug-likeness (QED) is 0.640. The van der Waals surface area contributed by atoms with Crippen LogP contribution in [0.2, 0.25) is 0 Å². The summed E-state index contributed by atoms with van der Waals surface area (Å²) >= 11 is 0. The lowest BCUT2D eigenvalue weighted by Crippen LogP contribution is -2.29. The maximum Gasteiger partial charge on any atom is 0.259 e. The number of carbonyl (C=O) groups excluding carboxylic acids is 1. The lowest BCUT2D eigenvalue weighted by molar-refractivity contribution is 0.102. The Morgan fingerprint density at radius 2 is 2.04 bits per heavy atom. The van der Waals surface area contributed by atoms with E-state index in [9.17, 15) is 13.2 Å². The Balaban J connectivity index is 2.24. The van der Waals surface area contributed by atoms with Crippen molar-refractivity contribution in [2.75, 3.05) is 18.4 Å². The Morgan fingerprint density at radius 1 is 1.31 bits per heavy atom. The molecule has 0 bridgehead atoms. The highest BCUT2D eigenvalue weighted by molar-refractivity contribution is 7.89. The van der Waals surface area contributed by atoms with Crippen molar-refractivity contribution in [1.82, 2.24) is 14.5 Å². The van der Waals surface area contributed by atoms with Crippen LogP contribution < -0.4 is 15.8 Å². The van der Waals surface area contributed by atoms with E-state index in [2.05, 4.69) is 15.1 Å². The highest BCUT2D eigenvalue weighted by atomic mass is 32.2. The summed E-state index contributed by atoms with van der Waals surface area (Å²) in [5.74, 6) is -0.313. The minimum Gasteiger partial charge on any atom is -0.329 e. The van der Waals surface area contributed by atoms with E-state index in [0.29, 0.717) is 16.9 Å². The largest absolute Gasteiger partial charge is 0.329 e. The van der Waals surface area contributed by atoms with Crippen LogP contribution in [0.25, 0.3) is 0 Å². The van der Waals surface area contributed by atoms with E-state index in [1.165, 1.54) is 12.1 Å². The van der Waals surface area contributed by atoms with Gasteiger partial charge in [0.05, 0.1) is 16.2 Å². The van der Waals surface area contributed by atoms with Crippen LogP contribution in [0.1, 0.15) is 35.1 Å². The second kappa shape index (κ2) is 8.43. The lowest BCUT2D eigenvalue weighted by atomic mass is 10.1. The topological polar surface area (TPSA) is 119 Å². The molecule has 1 heterocycles. The van der Waals surface area contributed by atoms with Crippen LogP contribution in [0.15, 0.2) is 29.2 Å². The van der Waals surface area contributed by atoms with Crippen LogP contribution in [-0.2, 0) is 16.6 Å². The van der Waals surface area contributed by atoms with Crippen LogP contribution in [0.4, 0.5) is 5.69 Å². The van der Waals surface area contributed by atoms with E-state index in [1.807, 2.05) is 18.5 Å². The summed E-state index contributed by atoms with van der Waals surface area (Å²) in [6.45, 7) is 6.76. The van der Waals surface area contributed by atoms with E-state index >= 15 is 0 Å². The van der Waals surface area contributed by atoms with Gasteiger partial charge in [0.15, 0.2) is 0 Å². The van der Waals surface area contributed by atoms with Gasteiger partial charge in [0.25, 0.3) is 5.91 Å². The van der Waals surface area contributed by atoms with Gasteiger partial charge in [-0.2, -0.15) is 5.10 Å². The Kier molecular flexibility index (Phi) is 6.52. The molecule has 0 spiro atoms. The van der Waals surface area contributed by atoms with Gasteiger partial charge in [-0.25, -0.2) is 13.1 Å². The molecular formula is C17H25N5O3S. The molecule has 0 fully saturated rings. The number of nitrogens with zero attached hydrogens (tertiary/aromatic N) is 2. The summed E-state index contributed by atoms with van der Waals surface area (Å²) in [5, 5.41) is 7.15. The Morgan fingerprint density at radius 3 is 2.69 bits per heavy atom. The summed E-state index contributed by atoms with van der Waals surface area (Å²) in [6, 6.07) is 6.09. The first kappa shape index (κ1) is 20.1. The predicted octanol–water partition coefficient (Wildman–Crippen LogP) is 1.40. The van der Waals surface area contributed by atoms with E-state index in [4.69, 9.17) is 5.73 Å². The SMILES string of the molecule is CCCn1nc(C)c(C(=O)Nc2cccc(S(=O)(=O)NCCN)c2)c1C. The number of anilines is 1. The smallest absolute Gasteiger partial charge is 0.259 e. The number of sulfonamides is 1. The molecule has 1 amide bonds. The summed E-state index contributed by atoms with van der Waals surface area (Å²) < 4.78 is 28.6. The maximum atomic E-state index is 12.7. The number of aryl methyl sites for hydroxylation is 2. The van der Waals surface area contributed by atoms with Crippen LogP contribution in [-0.4, -0.2) is 37.2 Å². The first-order chi connectivity index (χ1) is 12.3. The van der Waals surface area contributed by atoms with Crippen molar-refractivity contribution in [3.63, 3.8) is 0 Å². The molecule has 0 saturated heterocycles. The van der Waals surface area contributed by atoms with Gasteiger partial charge >= 0.3 is 0 Å². The fourth-order valence-electron chi connectivity index (χ4n) is 2.67. The number of aromatic nitrogens is 2. The summed E-state index contributed by atoms with van der Waals surface area (Å²) in [6.07, 6.45) is 0.915. The molecule has 0 atom stereocenters. The van der Waals surface area contributed by atoms with Crippen molar-refractivity contribution < 1.29 is 13.2 Å². The fourth-order valence-corrected chi connectivity index (χ4v) is 3.76. The highest BCUT2D eigenvalue weighted by Crippen LogP contribution is 2.19. The van der Waals surface area contributed by atoms with Crippen molar-refractivity contribution in [3.05, 3.63) is 41.2 Å². The number of benzene rings is 1. The number of nitrogens with one attached hydrogen (secondary N) is 2. The first-order valence-electron chi connectivity index (χ1n) is 8.45. The van der Waals surface area contributed by atoms with Crippen molar-refractivity contribution in [3.8, 4) is 0 Å². The Bertz CT molecular complexity index is 890. The van der Waals surface area contributed by atoms with Gasteiger partial charge in [-0.1, -0.05) is 13.0 Å². The zero-order chi connectivity index (χ0) is 19.3. The van der Waals surface area contributed by atoms with Crippen LogP contribution in [0.3, 0.4) is 0 Å². The predicted molar refractivity (Wildman–Crippen MR) is 101 cm³/mol. The monoisotopic (exact) mass is 379 g/mol. The van der Waals surface area contributed by atoms with Gasteiger partial charge in [-0.15, -0.1) is 0 Å². The van der Waals surface area contributed by atoms with Crippen LogP contribution >= 0.6 is 0 Å². The number of rotatable bonds is 8. The Labute approximate surface area is 153 Å². The van der Waals surface area contributed by atoms with Crippen LogP contribution in [0.5, 0.6) is 0 Å². The highest BCUT2D eigenvalue weighted by Gasteiger charge is 2.19. The first-order valence-corrected chi connectivity index (χ1v) is 9.93. The zero-order valence-corrected chi connectivity index (χ0v) is 16.1. The van der Waals surface area contributed by atoms with Crippen molar-refractivity contribution >= 4 is 21.6 Å². The van der Waals surface area contributed by atoms with Gasteiger partial charge in [0.2, 0.25) is 10.0 Å². The van der Waals surface area contributed by atoms with Crippen molar-refractivity contribution in [1.29, 1.82) is 0 Å². The molecule has 9 heteroatoms. The second-order valence-corrected chi connectivity index (χ2v) is 7.70. The maximum absolute atomic E-state index is 12.7. The number of nitrogens with two attached hydrogens (primary N) is 1. The third-order valence-electron chi connectivity index (χ3n) is 3.88. The van der Waals surface area contributed by atoms with Gasteiger partial charge in [0, 0.05) is 31.0 Å². The molecule has 26 heavy (non-hydrogen) atoms. The summed E-state index contributed by atoms with van der Waals surface area (Å²) in [7, 11) is -3.66. The molecule has 1 aromatic heterocycles. The number of hydrogen-bond donors (Lipinski definition) is 3. The molecule has 1 aromatic carbocycles. The standard InChI is InChI=1S/C17H25N5O3S/c1-4-10-22-13(3)16(12(2)21-22)17(23)20-14-6-5-7-15(11-14)26(24,25)19-9-8-18/h5-7,11,19H,4,8-10,18H2,1-3H3,(H,20,23). The Hall–Kier alpha value is -2.23. The average molecular weight is 379 g/mol.